The van der Waals surface area contributed by atoms with E-state index in [4.69, 9.17) is 15.6 Å². The summed E-state index contributed by atoms with van der Waals surface area (Å²) in [6.45, 7) is 5.97. The minimum absolute atomic E-state index is 0.0298. The minimum atomic E-state index is -0.381. The predicted molar refractivity (Wildman–Crippen MR) is 115 cm³/mol. The molecule has 2 N–H and O–H groups in total. The lowest BCUT2D eigenvalue weighted by Gasteiger charge is -2.38. The van der Waals surface area contributed by atoms with Gasteiger partial charge < -0.3 is 10.5 Å². The molecule has 3 rings (SSSR count). The molecule has 0 unspecified atom stereocenters. The van der Waals surface area contributed by atoms with Crippen LogP contribution in [-0.2, 0) is 9.61 Å². The fraction of sp³-hybridized carbons (Fsp3) is 0.409. The largest absolute Gasteiger partial charge is 0.377 e. The number of halogens is 1. The van der Waals surface area contributed by atoms with Crippen molar-refractivity contribution in [2.45, 2.75) is 37.7 Å². The molecular weight excluding hydrogens is 373 g/mol. The van der Waals surface area contributed by atoms with E-state index in [-0.39, 0.29) is 16.8 Å². The molecule has 150 valence electrons. The summed E-state index contributed by atoms with van der Waals surface area (Å²) in [4.78, 5) is -0.381. The van der Waals surface area contributed by atoms with E-state index < -0.39 is 0 Å². The van der Waals surface area contributed by atoms with Gasteiger partial charge in [-0.1, -0.05) is 54.2 Å². The number of thioether (sulfide) groups is 1. The Morgan fingerprint density at radius 3 is 2.68 bits per heavy atom. The molecule has 0 fully saturated rings. The zero-order chi connectivity index (χ0) is 20.0. The van der Waals surface area contributed by atoms with E-state index in [2.05, 4.69) is 24.1 Å². The number of rotatable bonds is 9. The number of nitrogens with zero attached hydrogens (tertiary/aromatic N) is 2. The van der Waals surface area contributed by atoms with Crippen LogP contribution in [0.3, 0.4) is 0 Å². The standard InChI is InChI=1S/C22H28FN3OS/c1-3-27-17(2)16-26-22(13-8-14-24,19-10-5-4-6-11-19)28-21(25-26)18-9-7-12-20(23)15-18/h4-7,9-12,15,17H,3,8,13-14,16,24H2,1-2H3/t17-,22-/m0/s1. The molecule has 0 saturated heterocycles. The van der Waals surface area contributed by atoms with E-state index in [1.165, 1.54) is 11.6 Å². The van der Waals surface area contributed by atoms with Crippen LogP contribution in [0.2, 0.25) is 0 Å². The highest BCUT2D eigenvalue weighted by Crippen LogP contribution is 2.50. The first-order valence-corrected chi connectivity index (χ1v) is 10.6. The summed E-state index contributed by atoms with van der Waals surface area (Å²) in [5.74, 6) is -0.255. The second kappa shape index (κ2) is 9.54. The molecule has 2 aromatic carbocycles. The van der Waals surface area contributed by atoms with Gasteiger partial charge in [0.15, 0.2) is 0 Å². The highest BCUT2D eigenvalue weighted by atomic mass is 32.2. The lowest BCUT2D eigenvalue weighted by atomic mass is 10.00. The van der Waals surface area contributed by atoms with Gasteiger partial charge in [0, 0.05) is 12.2 Å². The number of hydrogen-bond acceptors (Lipinski definition) is 5. The van der Waals surface area contributed by atoms with Crippen molar-refractivity contribution in [3.63, 3.8) is 0 Å². The summed E-state index contributed by atoms with van der Waals surface area (Å²) >= 11 is 1.68. The first-order chi connectivity index (χ1) is 13.6. The molecule has 1 aliphatic heterocycles. The average molecular weight is 402 g/mol. The van der Waals surface area contributed by atoms with Gasteiger partial charge in [0.05, 0.1) is 12.6 Å². The highest BCUT2D eigenvalue weighted by Gasteiger charge is 2.45. The van der Waals surface area contributed by atoms with Gasteiger partial charge in [-0.3, -0.25) is 5.01 Å². The number of ether oxygens (including phenoxy) is 1. The third-order valence-corrected chi connectivity index (χ3v) is 6.29. The Balaban J connectivity index is 2.02. The van der Waals surface area contributed by atoms with Crippen molar-refractivity contribution >= 4 is 16.8 Å². The molecule has 1 heterocycles. The van der Waals surface area contributed by atoms with E-state index in [9.17, 15) is 4.39 Å². The third kappa shape index (κ3) is 4.57. The van der Waals surface area contributed by atoms with Crippen molar-refractivity contribution in [1.82, 2.24) is 5.01 Å². The second-order valence-corrected chi connectivity index (χ2v) is 8.17. The highest BCUT2D eigenvalue weighted by molar-refractivity contribution is 8.15. The SMILES string of the molecule is CCO[C@@H](C)CN1N=C(c2cccc(F)c2)S[C@@]1(CCCN)c1ccccc1. The van der Waals surface area contributed by atoms with Gasteiger partial charge >= 0.3 is 0 Å². The fourth-order valence-corrected chi connectivity index (χ4v) is 4.93. The van der Waals surface area contributed by atoms with Crippen molar-refractivity contribution < 1.29 is 9.13 Å². The summed E-state index contributed by atoms with van der Waals surface area (Å²) in [6.07, 6.45) is 1.74. The van der Waals surface area contributed by atoms with Crippen LogP contribution in [0.15, 0.2) is 59.7 Å². The van der Waals surface area contributed by atoms with Crippen LogP contribution in [-0.4, -0.2) is 35.9 Å². The molecule has 4 nitrogen and oxygen atoms in total. The summed E-state index contributed by atoms with van der Waals surface area (Å²) in [6, 6.07) is 17.0. The van der Waals surface area contributed by atoms with Gasteiger partial charge in [0.25, 0.3) is 0 Å². The van der Waals surface area contributed by atoms with E-state index in [1.54, 1.807) is 23.9 Å². The molecule has 0 radical (unpaired) electrons. The molecule has 28 heavy (non-hydrogen) atoms. The molecule has 0 aliphatic carbocycles. The Bertz CT molecular complexity index is 801. The van der Waals surface area contributed by atoms with E-state index in [0.29, 0.717) is 19.7 Å². The monoisotopic (exact) mass is 401 g/mol. The molecule has 0 bridgehead atoms. The van der Waals surface area contributed by atoms with Crippen LogP contribution in [0, 0.1) is 5.82 Å². The summed E-state index contributed by atoms with van der Waals surface area (Å²) in [7, 11) is 0. The van der Waals surface area contributed by atoms with Gasteiger partial charge in [-0.2, -0.15) is 5.10 Å². The van der Waals surface area contributed by atoms with Crippen LogP contribution in [0.25, 0.3) is 0 Å². The lowest BCUT2D eigenvalue weighted by Crippen LogP contribution is -2.42. The van der Waals surface area contributed by atoms with Crippen molar-refractivity contribution in [1.29, 1.82) is 0 Å². The Labute approximate surface area is 170 Å². The number of hydrogen-bond donors (Lipinski definition) is 1. The third-order valence-electron chi connectivity index (χ3n) is 4.79. The normalized spacial score (nSPS) is 20.3. The maximum Gasteiger partial charge on any atom is 0.134 e. The summed E-state index contributed by atoms with van der Waals surface area (Å²) in [5, 5.41) is 7.87. The molecule has 0 aromatic heterocycles. The Morgan fingerprint density at radius 1 is 1.21 bits per heavy atom. The quantitative estimate of drug-likeness (QED) is 0.670. The molecule has 2 aromatic rings. The molecular formula is C22H28FN3OS. The van der Waals surface area contributed by atoms with Crippen LogP contribution >= 0.6 is 11.8 Å². The van der Waals surface area contributed by atoms with Crippen molar-refractivity contribution in [2.24, 2.45) is 10.8 Å². The second-order valence-electron chi connectivity index (χ2n) is 6.91. The Hall–Kier alpha value is -1.89. The average Bonchev–Trinajstić information content (AvgIpc) is 3.06. The van der Waals surface area contributed by atoms with Gasteiger partial charge in [-0.15, -0.1) is 0 Å². The maximum atomic E-state index is 13.8. The van der Waals surface area contributed by atoms with E-state index in [1.807, 2.05) is 31.2 Å². The van der Waals surface area contributed by atoms with Crippen molar-refractivity contribution in [2.75, 3.05) is 19.7 Å². The summed E-state index contributed by atoms with van der Waals surface area (Å²) in [5.41, 5.74) is 7.83. The van der Waals surface area contributed by atoms with Crippen LogP contribution in [0.1, 0.15) is 37.8 Å². The zero-order valence-corrected chi connectivity index (χ0v) is 17.3. The zero-order valence-electron chi connectivity index (χ0n) is 16.5. The molecule has 1 aliphatic rings. The first-order valence-electron chi connectivity index (χ1n) is 9.77. The van der Waals surface area contributed by atoms with Crippen molar-refractivity contribution in [3.8, 4) is 0 Å². The molecule has 0 amide bonds. The van der Waals surface area contributed by atoms with Crippen LogP contribution in [0.5, 0.6) is 0 Å². The molecule has 6 heteroatoms. The van der Waals surface area contributed by atoms with E-state index >= 15 is 0 Å². The van der Waals surface area contributed by atoms with Gasteiger partial charge in [0.1, 0.15) is 15.7 Å². The Morgan fingerprint density at radius 2 is 2.00 bits per heavy atom. The van der Waals surface area contributed by atoms with Crippen LogP contribution < -0.4 is 5.73 Å². The topological polar surface area (TPSA) is 50.8 Å². The van der Waals surface area contributed by atoms with E-state index in [0.717, 1.165) is 23.4 Å². The predicted octanol–water partition coefficient (Wildman–Crippen LogP) is 4.55. The van der Waals surface area contributed by atoms with Gasteiger partial charge in [-0.25, -0.2) is 4.39 Å². The van der Waals surface area contributed by atoms with Crippen LogP contribution in [0.4, 0.5) is 4.39 Å². The fourth-order valence-electron chi connectivity index (χ4n) is 3.50. The number of nitrogens with two attached hydrogens (primary N) is 1. The number of hydrazone groups is 1. The van der Waals surface area contributed by atoms with Gasteiger partial charge in [0.2, 0.25) is 0 Å². The number of benzene rings is 2. The summed E-state index contributed by atoms with van der Waals surface area (Å²) < 4.78 is 19.6. The smallest absolute Gasteiger partial charge is 0.134 e. The molecule has 0 saturated carbocycles. The van der Waals surface area contributed by atoms with Gasteiger partial charge in [-0.05, 0) is 50.9 Å². The minimum Gasteiger partial charge on any atom is -0.377 e. The first kappa shape index (κ1) is 20.8. The maximum absolute atomic E-state index is 13.8. The molecule has 0 spiro atoms. The molecule has 2 atom stereocenters. The Kier molecular flexibility index (Phi) is 7.10. The van der Waals surface area contributed by atoms with Crippen molar-refractivity contribution in [3.05, 3.63) is 71.5 Å². The lowest BCUT2D eigenvalue weighted by molar-refractivity contribution is 0.0268.